The van der Waals surface area contributed by atoms with Gasteiger partial charge in [-0.05, 0) is 36.5 Å². The van der Waals surface area contributed by atoms with Gasteiger partial charge in [-0.1, -0.05) is 38.1 Å². The van der Waals surface area contributed by atoms with Gasteiger partial charge in [0.15, 0.2) is 0 Å². The third kappa shape index (κ3) is 4.31. The van der Waals surface area contributed by atoms with Crippen LogP contribution in [-0.4, -0.2) is 15.0 Å². The number of nitrogens with two attached hydrogens (primary N) is 1. The molecule has 0 fully saturated rings. The van der Waals surface area contributed by atoms with Gasteiger partial charge in [0.2, 0.25) is 0 Å². The highest BCUT2D eigenvalue weighted by atomic mass is 16.5. The molecule has 0 aliphatic heterocycles. The highest BCUT2D eigenvalue weighted by Gasteiger charge is 2.12. The number of hydrogen-bond donors (Lipinski definition) is 1. The predicted molar refractivity (Wildman–Crippen MR) is 87.5 cm³/mol. The first-order chi connectivity index (χ1) is 10.6. The molecule has 0 spiro atoms. The van der Waals surface area contributed by atoms with E-state index < -0.39 is 0 Å². The largest absolute Gasteiger partial charge is 0.487 e. The minimum atomic E-state index is 0.384. The molecule has 0 aliphatic rings. The van der Waals surface area contributed by atoms with E-state index in [9.17, 15) is 0 Å². The first kappa shape index (κ1) is 16.5. The molecule has 5 nitrogen and oxygen atoms in total. The van der Waals surface area contributed by atoms with E-state index in [1.54, 1.807) is 0 Å². The molecule has 0 saturated carbocycles. The summed E-state index contributed by atoms with van der Waals surface area (Å²) in [5, 5.41) is 8.37. The van der Waals surface area contributed by atoms with Crippen LogP contribution in [0.1, 0.15) is 44.1 Å². The van der Waals surface area contributed by atoms with Crippen molar-refractivity contribution in [1.29, 1.82) is 0 Å². The lowest BCUT2D eigenvalue weighted by molar-refractivity contribution is 0.288. The quantitative estimate of drug-likeness (QED) is 0.814. The summed E-state index contributed by atoms with van der Waals surface area (Å²) in [5.41, 5.74) is 8.85. The summed E-state index contributed by atoms with van der Waals surface area (Å²) in [6, 6.07) is 8.19. The van der Waals surface area contributed by atoms with Gasteiger partial charge < -0.3 is 10.5 Å². The minimum absolute atomic E-state index is 0.384. The SMILES string of the molecule is CCc1ccc(OCc2c(CN)nnn2CCC(C)C)cc1. The predicted octanol–water partition coefficient (Wildman–Crippen LogP) is 2.92. The molecule has 0 bridgehead atoms. The lowest BCUT2D eigenvalue weighted by Gasteiger charge is -2.11. The molecule has 0 atom stereocenters. The van der Waals surface area contributed by atoms with E-state index in [-0.39, 0.29) is 0 Å². The Labute approximate surface area is 132 Å². The molecule has 1 aromatic carbocycles. The Balaban J connectivity index is 2.04. The average molecular weight is 302 g/mol. The molecule has 22 heavy (non-hydrogen) atoms. The van der Waals surface area contributed by atoms with Gasteiger partial charge in [-0.2, -0.15) is 0 Å². The van der Waals surface area contributed by atoms with Gasteiger partial charge in [-0.15, -0.1) is 5.10 Å². The van der Waals surface area contributed by atoms with Crippen LogP contribution in [0.3, 0.4) is 0 Å². The molecular formula is C17H26N4O. The molecule has 2 rings (SSSR count). The third-order valence-corrected chi connectivity index (χ3v) is 3.74. The van der Waals surface area contributed by atoms with Crippen LogP contribution in [0, 0.1) is 5.92 Å². The zero-order valence-electron chi connectivity index (χ0n) is 13.7. The van der Waals surface area contributed by atoms with Crippen LogP contribution in [0.4, 0.5) is 0 Å². The Morgan fingerprint density at radius 3 is 2.55 bits per heavy atom. The first-order valence-corrected chi connectivity index (χ1v) is 7.97. The highest BCUT2D eigenvalue weighted by Crippen LogP contribution is 2.16. The fourth-order valence-corrected chi connectivity index (χ4v) is 2.22. The summed E-state index contributed by atoms with van der Waals surface area (Å²) in [7, 11) is 0. The molecule has 0 unspecified atom stereocenters. The van der Waals surface area contributed by atoms with E-state index in [4.69, 9.17) is 10.5 Å². The summed E-state index contributed by atoms with van der Waals surface area (Å²) in [4.78, 5) is 0. The number of aryl methyl sites for hydroxylation is 2. The van der Waals surface area contributed by atoms with E-state index >= 15 is 0 Å². The van der Waals surface area contributed by atoms with Gasteiger partial charge >= 0.3 is 0 Å². The maximum Gasteiger partial charge on any atom is 0.132 e. The average Bonchev–Trinajstić information content (AvgIpc) is 2.93. The molecule has 120 valence electrons. The lowest BCUT2D eigenvalue weighted by Crippen LogP contribution is -2.12. The highest BCUT2D eigenvalue weighted by molar-refractivity contribution is 5.27. The molecule has 0 aliphatic carbocycles. The van der Waals surface area contributed by atoms with Crippen molar-refractivity contribution in [3.63, 3.8) is 0 Å². The van der Waals surface area contributed by atoms with Crippen LogP contribution < -0.4 is 10.5 Å². The molecule has 0 radical (unpaired) electrons. The van der Waals surface area contributed by atoms with Gasteiger partial charge in [0.05, 0.1) is 0 Å². The van der Waals surface area contributed by atoms with Crippen LogP contribution in [0.5, 0.6) is 5.75 Å². The van der Waals surface area contributed by atoms with Crippen LogP contribution in [-0.2, 0) is 26.1 Å². The van der Waals surface area contributed by atoms with E-state index in [1.807, 2.05) is 16.8 Å². The van der Waals surface area contributed by atoms with Gasteiger partial charge in [0, 0.05) is 13.1 Å². The number of nitrogens with zero attached hydrogens (tertiary/aromatic N) is 3. The Bertz CT molecular complexity index is 575. The Morgan fingerprint density at radius 2 is 1.95 bits per heavy atom. The second-order valence-corrected chi connectivity index (χ2v) is 5.88. The van der Waals surface area contributed by atoms with Crippen molar-refractivity contribution in [3.05, 3.63) is 41.2 Å². The molecular weight excluding hydrogens is 276 g/mol. The number of ether oxygens (including phenoxy) is 1. The normalized spacial score (nSPS) is 11.1. The van der Waals surface area contributed by atoms with Crippen molar-refractivity contribution in [2.24, 2.45) is 11.7 Å². The number of benzene rings is 1. The van der Waals surface area contributed by atoms with Gasteiger partial charge in [-0.3, -0.25) is 0 Å². The monoisotopic (exact) mass is 302 g/mol. The van der Waals surface area contributed by atoms with Crippen molar-refractivity contribution in [2.45, 2.75) is 53.3 Å². The smallest absolute Gasteiger partial charge is 0.132 e. The Kier molecular flexibility index (Phi) is 5.95. The number of aromatic nitrogens is 3. The fraction of sp³-hybridized carbons (Fsp3) is 0.529. The van der Waals surface area contributed by atoms with Crippen molar-refractivity contribution in [2.75, 3.05) is 0 Å². The maximum atomic E-state index is 5.88. The fourth-order valence-electron chi connectivity index (χ4n) is 2.22. The minimum Gasteiger partial charge on any atom is -0.487 e. The molecule has 1 aromatic heterocycles. The van der Waals surface area contributed by atoms with Crippen molar-refractivity contribution in [1.82, 2.24) is 15.0 Å². The number of rotatable bonds is 8. The van der Waals surface area contributed by atoms with Crippen molar-refractivity contribution < 1.29 is 4.74 Å². The van der Waals surface area contributed by atoms with Gasteiger partial charge in [0.1, 0.15) is 23.7 Å². The summed E-state index contributed by atoms with van der Waals surface area (Å²) >= 11 is 0. The van der Waals surface area contributed by atoms with E-state index in [2.05, 4.69) is 43.2 Å². The summed E-state index contributed by atoms with van der Waals surface area (Å²) in [6.45, 7) is 8.22. The second-order valence-electron chi connectivity index (χ2n) is 5.88. The standard InChI is InChI=1S/C17H26N4O/c1-4-14-5-7-15(8-6-14)22-12-17-16(11-18)19-20-21(17)10-9-13(2)3/h5-8,13H,4,9-12,18H2,1-3H3. The maximum absolute atomic E-state index is 5.88. The van der Waals surface area contributed by atoms with E-state index in [0.29, 0.717) is 19.1 Å². The lowest BCUT2D eigenvalue weighted by atomic mass is 10.1. The molecule has 1 heterocycles. The molecule has 5 heteroatoms. The third-order valence-electron chi connectivity index (χ3n) is 3.74. The molecule has 0 amide bonds. The van der Waals surface area contributed by atoms with Crippen LogP contribution >= 0.6 is 0 Å². The van der Waals surface area contributed by atoms with Crippen LogP contribution in [0.25, 0.3) is 0 Å². The Hall–Kier alpha value is -1.88. The zero-order chi connectivity index (χ0) is 15.9. The van der Waals surface area contributed by atoms with E-state index in [0.717, 1.165) is 36.5 Å². The zero-order valence-corrected chi connectivity index (χ0v) is 13.7. The topological polar surface area (TPSA) is 66.0 Å². The molecule has 2 aromatic rings. The van der Waals surface area contributed by atoms with Crippen molar-refractivity contribution >= 4 is 0 Å². The number of hydrogen-bond acceptors (Lipinski definition) is 4. The first-order valence-electron chi connectivity index (χ1n) is 7.97. The summed E-state index contributed by atoms with van der Waals surface area (Å²) in [5.74, 6) is 1.48. The molecule has 0 saturated heterocycles. The van der Waals surface area contributed by atoms with Crippen molar-refractivity contribution in [3.8, 4) is 5.75 Å². The van der Waals surface area contributed by atoms with Crippen LogP contribution in [0.15, 0.2) is 24.3 Å². The van der Waals surface area contributed by atoms with Gasteiger partial charge in [-0.25, -0.2) is 4.68 Å². The van der Waals surface area contributed by atoms with Gasteiger partial charge in [0.25, 0.3) is 0 Å². The Morgan fingerprint density at radius 1 is 1.23 bits per heavy atom. The second kappa shape index (κ2) is 7.94. The van der Waals surface area contributed by atoms with E-state index in [1.165, 1.54) is 5.56 Å². The summed E-state index contributed by atoms with van der Waals surface area (Å²) < 4.78 is 7.80. The molecule has 2 N–H and O–H groups in total. The summed E-state index contributed by atoms with van der Waals surface area (Å²) in [6.07, 6.45) is 2.09. The van der Waals surface area contributed by atoms with Crippen LogP contribution in [0.2, 0.25) is 0 Å².